The van der Waals surface area contributed by atoms with Gasteiger partial charge in [0.25, 0.3) is 5.91 Å². The summed E-state index contributed by atoms with van der Waals surface area (Å²) in [4.78, 5) is 26.7. The van der Waals surface area contributed by atoms with Crippen molar-refractivity contribution in [1.82, 2.24) is 20.3 Å². The average Bonchev–Trinajstić information content (AvgIpc) is 3.82. The maximum absolute atomic E-state index is 12.3. The molecule has 2 aromatic carbocycles. The van der Waals surface area contributed by atoms with Crippen LogP contribution in [0.25, 0.3) is 22.3 Å². The number of benzene rings is 2. The van der Waals surface area contributed by atoms with Gasteiger partial charge in [0.05, 0.1) is 21.8 Å². The molecule has 0 saturated heterocycles. The maximum atomic E-state index is 12.3. The van der Waals surface area contributed by atoms with Crippen molar-refractivity contribution in [2.24, 2.45) is 5.14 Å². The predicted octanol–water partition coefficient (Wildman–Crippen LogP) is 3.72. The number of hydrogen-bond acceptors (Lipinski definition) is 7. The van der Waals surface area contributed by atoms with E-state index in [0.717, 1.165) is 59.2 Å². The quantitative estimate of drug-likeness (QED) is 0.325. The molecule has 4 aromatic rings. The molecule has 37 heavy (non-hydrogen) atoms. The zero-order valence-electron chi connectivity index (χ0n) is 20.0. The molecule has 0 radical (unpaired) electrons. The molecule has 188 valence electrons. The molecular weight excluding hydrogens is 488 g/mol. The Kier molecular flexibility index (Phi) is 5.85. The van der Waals surface area contributed by atoms with E-state index in [1.807, 2.05) is 36.4 Å². The monoisotopic (exact) mass is 514 g/mol. The first-order valence-electron chi connectivity index (χ1n) is 12.3. The van der Waals surface area contributed by atoms with Crippen LogP contribution in [0.5, 0.6) is 0 Å². The third-order valence-corrected chi connectivity index (χ3v) is 7.52. The van der Waals surface area contributed by atoms with E-state index in [2.05, 4.69) is 15.6 Å². The first kappa shape index (κ1) is 23.5. The number of nitrogens with one attached hydrogen (secondary N) is 2. The molecule has 0 bridgehead atoms. The molecule has 2 fully saturated rings. The Labute approximate surface area is 214 Å². The van der Waals surface area contributed by atoms with Gasteiger partial charge in [-0.25, -0.2) is 28.5 Å². The van der Waals surface area contributed by atoms with Crippen molar-refractivity contribution in [1.29, 1.82) is 0 Å². The number of nitrogens with two attached hydrogens (primary N) is 1. The van der Waals surface area contributed by atoms with Gasteiger partial charge in [0, 0.05) is 29.6 Å². The van der Waals surface area contributed by atoms with Crippen molar-refractivity contribution < 1.29 is 13.2 Å². The van der Waals surface area contributed by atoms with Gasteiger partial charge in [-0.3, -0.25) is 4.79 Å². The van der Waals surface area contributed by atoms with Crippen LogP contribution in [0.15, 0.2) is 65.6 Å². The van der Waals surface area contributed by atoms with Gasteiger partial charge in [0.1, 0.15) is 5.52 Å². The third-order valence-electron chi connectivity index (χ3n) is 6.59. The third kappa shape index (κ3) is 5.30. The predicted molar refractivity (Wildman–Crippen MR) is 140 cm³/mol. The summed E-state index contributed by atoms with van der Waals surface area (Å²) in [5.41, 5.74) is 5.74. The Hall–Kier alpha value is -3.89. The minimum Gasteiger partial charge on any atom is -0.350 e. The maximum Gasteiger partial charge on any atom is 0.251 e. The molecule has 9 nitrogen and oxygen atoms in total. The molecule has 0 unspecified atom stereocenters. The summed E-state index contributed by atoms with van der Waals surface area (Å²) in [6, 6.07) is 18.1. The van der Waals surface area contributed by atoms with Gasteiger partial charge < -0.3 is 10.6 Å². The van der Waals surface area contributed by atoms with Gasteiger partial charge in [-0.1, -0.05) is 24.3 Å². The van der Waals surface area contributed by atoms with E-state index >= 15 is 0 Å². The van der Waals surface area contributed by atoms with E-state index in [0.29, 0.717) is 30.0 Å². The minimum absolute atomic E-state index is 0.0367. The summed E-state index contributed by atoms with van der Waals surface area (Å²) in [7, 11) is -3.72. The summed E-state index contributed by atoms with van der Waals surface area (Å²) in [5.74, 6) is 0.826. The van der Waals surface area contributed by atoms with Crippen LogP contribution in [0.3, 0.4) is 0 Å². The number of fused-ring (bicyclic) bond motifs is 1. The molecule has 2 aliphatic carbocycles. The molecule has 1 amide bonds. The highest BCUT2D eigenvalue weighted by Crippen LogP contribution is 2.42. The molecule has 10 heteroatoms. The normalized spacial score (nSPS) is 15.5. The highest BCUT2D eigenvalue weighted by atomic mass is 32.2. The average molecular weight is 515 g/mol. The molecule has 2 saturated carbocycles. The zero-order chi connectivity index (χ0) is 25.6. The van der Waals surface area contributed by atoms with Crippen LogP contribution in [0.4, 0.5) is 5.95 Å². The molecular formula is C27H26N6O3S. The fourth-order valence-electron chi connectivity index (χ4n) is 4.18. The minimum atomic E-state index is -3.72. The number of primary sulfonamides is 1. The van der Waals surface area contributed by atoms with Gasteiger partial charge in [0.2, 0.25) is 16.0 Å². The van der Waals surface area contributed by atoms with Crippen molar-refractivity contribution in [3.8, 4) is 11.3 Å². The molecule has 0 spiro atoms. The number of amides is 1. The van der Waals surface area contributed by atoms with E-state index in [1.165, 1.54) is 12.1 Å². The van der Waals surface area contributed by atoms with E-state index in [1.54, 1.807) is 12.1 Å². The zero-order valence-corrected chi connectivity index (χ0v) is 20.8. The van der Waals surface area contributed by atoms with E-state index in [9.17, 15) is 13.2 Å². The fraction of sp³-hybridized carbons (Fsp3) is 0.259. The SMILES string of the molecule is NS(=O)(=O)c1ccc(CNc2nc(C3CC3)c3nc(-c4ccc(C(=O)NC5CC5)cc4)ccc3n2)cc1. The van der Waals surface area contributed by atoms with Crippen LogP contribution in [-0.4, -0.2) is 35.3 Å². The van der Waals surface area contributed by atoms with Gasteiger partial charge in [0.15, 0.2) is 0 Å². The fourth-order valence-corrected chi connectivity index (χ4v) is 4.70. The Morgan fingerprint density at radius 3 is 2.27 bits per heavy atom. The van der Waals surface area contributed by atoms with Crippen LogP contribution in [0.1, 0.15) is 53.2 Å². The summed E-state index contributed by atoms with van der Waals surface area (Å²) in [5, 5.41) is 11.4. The molecule has 6 rings (SSSR count). The summed E-state index contributed by atoms with van der Waals surface area (Å²) >= 11 is 0. The Morgan fingerprint density at radius 2 is 1.62 bits per heavy atom. The second kappa shape index (κ2) is 9.20. The number of carbonyl (C=O) groups excluding carboxylic acids is 1. The van der Waals surface area contributed by atoms with Crippen LogP contribution in [0, 0.1) is 0 Å². The van der Waals surface area contributed by atoms with Gasteiger partial charge in [-0.05, 0) is 67.6 Å². The number of anilines is 1. The van der Waals surface area contributed by atoms with Gasteiger partial charge in [-0.2, -0.15) is 0 Å². The lowest BCUT2D eigenvalue weighted by atomic mass is 10.1. The van der Waals surface area contributed by atoms with E-state index in [-0.39, 0.29) is 10.8 Å². The number of carbonyl (C=O) groups is 1. The summed E-state index contributed by atoms with van der Waals surface area (Å²) < 4.78 is 22.9. The van der Waals surface area contributed by atoms with Crippen LogP contribution >= 0.6 is 0 Å². The number of hydrogen-bond donors (Lipinski definition) is 3. The first-order valence-corrected chi connectivity index (χ1v) is 13.8. The second-order valence-corrected chi connectivity index (χ2v) is 11.2. The lowest BCUT2D eigenvalue weighted by Gasteiger charge is -2.11. The van der Waals surface area contributed by atoms with Crippen LogP contribution in [0.2, 0.25) is 0 Å². The topological polar surface area (TPSA) is 140 Å². The molecule has 0 atom stereocenters. The number of sulfonamides is 1. The first-order chi connectivity index (χ1) is 17.8. The molecule has 2 aromatic heterocycles. The lowest BCUT2D eigenvalue weighted by Crippen LogP contribution is -2.25. The molecule has 2 heterocycles. The molecule has 0 aliphatic heterocycles. The molecule has 2 aliphatic rings. The van der Waals surface area contributed by atoms with Crippen molar-refractivity contribution in [2.45, 2.75) is 49.1 Å². The second-order valence-electron chi connectivity index (χ2n) is 9.64. The number of nitrogens with zero attached hydrogens (tertiary/aromatic N) is 3. The van der Waals surface area contributed by atoms with Gasteiger partial charge >= 0.3 is 0 Å². The Bertz CT molecular complexity index is 1600. The van der Waals surface area contributed by atoms with Crippen molar-refractivity contribution >= 4 is 32.9 Å². The van der Waals surface area contributed by atoms with E-state index < -0.39 is 10.0 Å². The number of rotatable bonds is 8. The van der Waals surface area contributed by atoms with Gasteiger partial charge in [-0.15, -0.1) is 0 Å². The van der Waals surface area contributed by atoms with E-state index in [4.69, 9.17) is 15.1 Å². The highest BCUT2D eigenvalue weighted by Gasteiger charge is 2.29. The standard InChI is InChI=1S/C27H26N6O3S/c28-37(35,36)21-11-1-16(2-12-21)15-29-27-32-23-14-13-22(31-25(23)24(33-27)18-5-6-18)17-3-7-19(8-4-17)26(34)30-20-9-10-20/h1-4,7-8,11-14,18,20H,5-6,9-10,15H2,(H,30,34)(H2,28,35,36)(H,29,32,33). The number of aromatic nitrogens is 3. The van der Waals surface area contributed by atoms with Crippen LogP contribution in [-0.2, 0) is 16.6 Å². The smallest absolute Gasteiger partial charge is 0.251 e. The van der Waals surface area contributed by atoms with Crippen LogP contribution < -0.4 is 15.8 Å². The number of pyridine rings is 1. The highest BCUT2D eigenvalue weighted by molar-refractivity contribution is 7.89. The van der Waals surface area contributed by atoms with Crippen molar-refractivity contribution in [3.05, 3.63) is 77.5 Å². The Morgan fingerprint density at radius 1 is 0.892 bits per heavy atom. The summed E-state index contributed by atoms with van der Waals surface area (Å²) in [6.45, 7) is 0.437. The van der Waals surface area contributed by atoms with Crippen molar-refractivity contribution in [2.75, 3.05) is 5.32 Å². The summed E-state index contributed by atoms with van der Waals surface area (Å²) in [6.07, 6.45) is 4.25. The molecule has 4 N–H and O–H groups in total. The lowest BCUT2D eigenvalue weighted by molar-refractivity contribution is 0.0951. The largest absolute Gasteiger partial charge is 0.350 e. The Balaban J connectivity index is 1.23. The van der Waals surface area contributed by atoms with Crippen molar-refractivity contribution in [3.63, 3.8) is 0 Å².